The summed E-state index contributed by atoms with van der Waals surface area (Å²) in [6.07, 6.45) is 0.378. The summed E-state index contributed by atoms with van der Waals surface area (Å²) in [7, 11) is 0. The van der Waals surface area contributed by atoms with Gasteiger partial charge >= 0.3 is 6.09 Å². The Morgan fingerprint density at radius 3 is 3.06 bits per heavy atom. The number of halogens is 1. The van der Waals surface area contributed by atoms with Crippen LogP contribution in [0.4, 0.5) is 14.9 Å². The van der Waals surface area contributed by atoms with Crippen molar-refractivity contribution in [1.29, 1.82) is 0 Å². The van der Waals surface area contributed by atoms with Crippen LogP contribution in [-0.4, -0.2) is 24.1 Å². The molecule has 0 aliphatic carbocycles. The van der Waals surface area contributed by atoms with Crippen LogP contribution in [0, 0.1) is 5.82 Å². The van der Waals surface area contributed by atoms with Crippen molar-refractivity contribution in [2.45, 2.75) is 13.0 Å². The molecule has 0 spiro atoms. The lowest BCUT2D eigenvalue weighted by molar-refractivity contribution is 0.0697. The second-order valence-corrected chi connectivity index (χ2v) is 3.71. The van der Waals surface area contributed by atoms with Gasteiger partial charge in [-0.25, -0.2) is 9.18 Å². The first-order chi connectivity index (χ1) is 7.68. The minimum Gasteiger partial charge on any atom is -0.449 e. The molecule has 1 amide bonds. The van der Waals surface area contributed by atoms with E-state index < -0.39 is 11.9 Å². The van der Waals surface area contributed by atoms with E-state index >= 15 is 0 Å². The van der Waals surface area contributed by atoms with Gasteiger partial charge in [-0.2, -0.15) is 0 Å². The lowest BCUT2D eigenvalue weighted by Gasteiger charge is -2.26. The molecular formula is C11H13FN2O2. The maximum atomic E-state index is 13.6. The third-order valence-corrected chi connectivity index (χ3v) is 2.53. The van der Waals surface area contributed by atoms with Crippen molar-refractivity contribution in [2.24, 2.45) is 0 Å². The van der Waals surface area contributed by atoms with Gasteiger partial charge in [0, 0.05) is 12.1 Å². The summed E-state index contributed by atoms with van der Waals surface area (Å²) in [4.78, 5) is 12.8. The Labute approximate surface area is 92.8 Å². The number of nitrogens with zero attached hydrogens (tertiary/aromatic N) is 1. The van der Waals surface area contributed by atoms with Gasteiger partial charge < -0.3 is 15.4 Å². The van der Waals surface area contributed by atoms with Gasteiger partial charge in [0.15, 0.2) is 5.82 Å². The van der Waals surface area contributed by atoms with Crippen molar-refractivity contribution in [3.05, 3.63) is 29.6 Å². The molecule has 1 aromatic carbocycles. The van der Waals surface area contributed by atoms with E-state index in [2.05, 4.69) is 0 Å². The number of nitrogen functional groups attached to an aromatic ring is 1. The van der Waals surface area contributed by atoms with Gasteiger partial charge in [0.25, 0.3) is 0 Å². The maximum Gasteiger partial charge on any atom is 0.410 e. The largest absolute Gasteiger partial charge is 0.449 e. The summed E-state index contributed by atoms with van der Waals surface area (Å²) in [6.45, 7) is 1.23. The lowest BCUT2D eigenvalue weighted by atomic mass is 10.1. The number of benzene rings is 1. The Morgan fingerprint density at radius 2 is 2.31 bits per heavy atom. The first-order valence-electron chi connectivity index (χ1n) is 5.13. The van der Waals surface area contributed by atoms with Gasteiger partial charge in [-0.05, 0) is 12.5 Å². The summed E-state index contributed by atoms with van der Waals surface area (Å²) in [5.74, 6) is -0.458. The van der Waals surface area contributed by atoms with E-state index in [0.717, 1.165) is 6.42 Å². The number of carbonyl (C=O) groups is 1. The van der Waals surface area contributed by atoms with Crippen molar-refractivity contribution in [3.63, 3.8) is 0 Å². The molecule has 0 saturated carbocycles. The molecule has 0 radical (unpaired) electrons. The van der Waals surface area contributed by atoms with Crippen molar-refractivity contribution in [2.75, 3.05) is 18.9 Å². The minimum absolute atomic E-state index is 0.0999. The smallest absolute Gasteiger partial charge is 0.410 e. The molecule has 1 saturated heterocycles. The van der Waals surface area contributed by atoms with Crippen LogP contribution >= 0.6 is 0 Å². The molecule has 0 unspecified atom stereocenters. The average molecular weight is 224 g/mol. The van der Waals surface area contributed by atoms with E-state index in [-0.39, 0.29) is 12.2 Å². The van der Waals surface area contributed by atoms with Crippen LogP contribution in [0.3, 0.4) is 0 Å². The fourth-order valence-electron chi connectivity index (χ4n) is 1.67. The zero-order valence-electron chi connectivity index (χ0n) is 8.78. The van der Waals surface area contributed by atoms with Crippen LogP contribution in [0.25, 0.3) is 0 Å². The van der Waals surface area contributed by atoms with E-state index in [9.17, 15) is 9.18 Å². The SMILES string of the molecule is Nc1cccc(CN2CCCOC2=O)c1F. The van der Waals surface area contributed by atoms with E-state index in [1.54, 1.807) is 12.1 Å². The first-order valence-corrected chi connectivity index (χ1v) is 5.13. The molecule has 2 rings (SSSR count). The lowest BCUT2D eigenvalue weighted by Crippen LogP contribution is -2.37. The Morgan fingerprint density at radius 1 is 1.50 bits per heavy atom. The quantitative estimate of drug-likeness (QED) is 0.778. The van der Waals surface area contributed by atoms with Gasteiger partial charge in [0.2, 0.25) is 0 Å². The summed E-state index contributed by atoms with van der Waals surface area (Å²) in [6, 6.07) is 4.78. The van der Waals surface area contributed by atoms with Crippen molar-refractivity contribution >= 4 is 11.8 Å². The average Bonchev–Trinajstić information content (AvgIpc) is 2.28. The molecule has 1 aliphatic heterocycles. The Hall–Kier alpha value is -1.78. The molecule has 0 bridgehead atoms. The molecule has 5 heteroatoms. The predicted octanol–water partition coefficient (Wildman–Crippen LogP) is 1.75. The Bertz CT molecular complexity index is 409. The monoisotopic (exact) mass is 224 g/mol. The fourth-order valence-corrected chi connectivity index (χ4v) is 1.67. The molecule has 4 nitrogen and oxygen atoms in total. The Kier molecular flexibility index (Phi) is 2.94. The number of anilines is 1. The van der Waals surface area contributed by atoms with Crippen LogP contribution in [-0.2, 0) is 11.3 Å². The number of nitrogens with two attached hydrogens (primary N) is 1. The van der Waals surface area contributed by atoms with E-state index in [0.29, 0.717) is 18.7 Å². The molecule has 0 aromatic heterocycles. The topological polar surface area (TPSA) is 55.6 Å². The van der Waals surface area contributed by atoms with Gasteiger partial charge in [0.05, 0.1) is 18.8 Å². The third kappa shape index (κ3) is 2.08. The van der Waals surface area contributed by atoms with Gasteiger partial charge in [-0.1, -0.05) is 12.1 Å². The molecule has 1 heterocycles. The third-order valence-electron chi connectivity index (χ3n) is 2.53. The highest BCUT2D eigenvalue weighted by Gasteiger charge is 2.21. The van der Waals surface area contributed by atoms with Gasteiger partial charge in [-0.3, -0.25) is 0 Å². The number of hydrogen-bond acceptors (Lipinski definition) is 3. The number of ether oxygens (including phenoxy) is 1. The van der Waals surface area contributed by atoms with E-state index in [1.165, 1.54) is 11.0 Å². The van der Waals surface area contributed by atoms with Crippen LogP contribution in [0.15, 0.2) is 18.2 Å². The standard InChI is InChI=1S/C11H13FN2O2/c12-10-8(3-1-4-9(10)13)7-14-5-2-6-16-11(14)15/h1,3-4H,2,5-7,13H2. The van der Waals surface area contributed by atoms with Crippen LogP contribution in [0.2, 0.25) is 0 Å². The summed E-state index contributed by atoms with van der Waals surface area (Å²) in [5.41, 5.74) is 5.97. The molecule has 86 valence electrons. The molecule has 0 atom stereocenters. The summed E-state index contributed by atoms with van der Waals surface area (Å²) < 4.78 is 18.4. The number of amides is 1. The van der Waals surface area contributed by atoms with Gasteiger partial charge in [-0.15, -0.1) is 0 Å². The minimum atomic E-state index is -0.458. The van der Waals surface area contributed by atoms with E-state index in [4.69, 9.17) is 10.5 Å². The highest BCUT2D eigenvalue weighted by atomic mass is 19.1. The zero-order chi connectivity index (χ0) is 11.5. The molecule has 16 heavy (non-hydrogen) atoms. The van der Waals surface area contributed by atoms with Crippen molar-refractivity contribution in [3.8, 4) is 0 Å². The van der Waals surface area contributed by atoms with Gasteiger partial charge in [0.1, 0.15) is 0 Å². The Balaban J connectivity index is 2.14. The zero-order valence-corrected chi connectivity index (χ0v) is 8.78. The highest BCUT2D eigenvalue weighted by Crippen LogP contribution is 2.18. The maximum absolute atomic E-state index is 13.6. The second-order valence-electron chi connectivity index (χ2n) is 3.71. The molecule has 1 fully saturated rings. The van der Waals surface area contributed by atoms with Crippen LogP contribution in [0.1, 0.15) is 12.0 Å². The summed E-state index contributed by atoms with van der Waals surface area (Å²) >= 11 is 0. The first kappa shape index (κ1) is 10.7. The fraction of sp³-hybridized carbons (Fsp3) is 0.364. The second kappa shape index (κ2) is 4.38. The van der Waals surface area contributed by atoms with Crippen molar-refractivity contribution in [1.82, 2.24) is 4.90 Å². The normalized spacial score (nSPS) is 16.1. The highest BCUT2D eigenvalue weighted by molar-refractivity contribution is 5.68. The van der Waals surface area contributed by atoms with E-state index in [1.807, 2.05) is 0 Å². The number of hydrogen-bond donors (Lipinski definition) is 1. The predicted molar refractivity (Wildman–Crippen MR) is 57.2 cm³/mol. The number of rotatable bonds is 2. The van der Waals surface area contributed by atoms with Crippen molar-refractivity contribution < 1.29 is 13.9 Å². The number of carbonyl (C=O) groups excluding carboxylic acids is 1. The molecule has 2 N–H and O–H groups in total. The van der Waals surface area contributed by atoms with Crippen LogP contribution in [0.5, 0.6) is 0 Å². The number of cyclic esters (lactones) is 1. The molecular weight excluding hydrogens is 211 g/mol. The molecule has 1 aromatic rings. The van der Waals surface area contributed by atoms with Crippen LogP contribution < -0.4 is 5.73 Å². The molecule has 1 aliphatic rings. The summed E-state index contributed by atoms with van der Waals surface area (Å²) in [5, 5.41) is 0.